The van der Waals surface area contributed by atoms with Crippen molar-refractivity contribution in [2.45, 2.75) is 31.7 Å². The molecule has 2 aromatic carbocycles. The Morgan fingerprint density at radius 1 is 1.15 bits per heavy atom. The topological polar surface area (TPSA) is 66.8 Å². The van der Waals surface area contributed by atoms with Crippen LogP contribution in [0, 0.1) is 0 Å². The molecule has 1 aliphatic heterocycles. The summed E-state index contributed by atoms with van der Waals surface area (Å²) >= 11 is 0. The minimum absolute atomic E-state index is 0.108. The Morgan fingerprint density at radius 3 is 2.37 bits per heavy atom. The first-order chi connectivity index (χ1) is 12.6. The number of benzene rings is 2. The van der Waals surface area contributed by atoms with Crippen LogP contribution in [0.15, 0.2) is 48.5 Å². The molecule has 0 saturated carbocycles. The highest BCUT2D eigenvalue weighted by Gasteiger charge is 2.48. The predicted octanol–water partition coefficient (Wildman–Crippen LogP) is 3.86. The summed E-state index contributed by atoms with van der Waals surface area (Å²) in [5, 5.41) is 9.21. The Bertz CT molecular complexity index is 879. The Kier molecular flexibility index (Phi) is 4.59. The minimum Gasteiger partial charge on any atom is -0.481 e. The third kappa shape index (κ3) is 3.74. The van der Waals surface area contributed by atoms with E-state index in [1.807, 2.05) is 0 Å². The number of carboxylic acids is 1. The minimum atomic E-state index is -4.77. The Morgan fingerprint density at radius 2 is 1.78 bits per heavy atom. The van der Waals surface area contributed by atoms with Gasteiger partial charge in [0.15, 0.2) is 0 Å². The molecular formula is C19H16F3NO4. The molecule has 0 spiro atoms. The number of ether oxygens (including phenoxy) is 1. The van der Waals surface area contributed by atoms with Crippen molar-refractivity contribution in [1.29, 1.82) is 0 Å². The molecule has 1 heterocycles. The number of carboxylic acid groups (broad SMARTS) is 1. The van der Waals surface area contributed by atoms with Gasteiger partial charge in [0.2, 0.25) is 5.91 Å². The largest absolute Gasteiger partial charge is 0.573 e. The van der Waals surface area contributed by atoms with Gasteiger partial charge in [0, 0.05) is 5.69 Å². The summed E-state index contributed by atoms with van der Waals surface area (Å²) in [4.78, 5) is 25.7. The van der Waals surface area contributed by atoms with Crippen LogP contribution >= 0.6 is 0 Å². The van der Waals surface area contributed by atoms with Gasteiger partial charge in [-0.3, -0.25) is 9.59 Å². The zero-order valence-electron chi connectivity index (χ0n) is 14.3. The van der Waals surface area contributed by atoms with Gasteiger partial charge in [-0.25, -0.2) is 0 Å². The van der Waals surface area contributed by atoms with Crippen molar-refractivity contribution in [3.05, 3.63) is 59.7 Å². The number of carbonyl (C=O) groups excluding carboxylic acids is 1. The van der Waals surface area contributed by atoms with Crippen molar-refractivity contribution < 1.29 is 32.6 Å². The fraction of sp³-hybridized carbons (Fsp3) is 0.263. The Labute approximate surface area is 153 Å². The number of rotatable bonds is 5. The molecule has 5 nitrogen and oxygen atoms in total. The lowest BCUT2D eigenvalue weighted by molar-refractivity contribution is -0.274. The fourth-order valence-electron chi connectivity index (χ4n) is 3.31. The van der Waals surface area contributed by atoms with Crippen LogP contribution in [0.5, 0.6) is 5.75 Å². The second kappa shape index (κ2) is 6.61. The maximum absolute atomic E-state index is 13.0. The number of halogens is 3. The van der Waals surface area contributed by atoms with E-state index in [2.05, 4.69) is 4.74 Å². The summed E-state index contributed by atoms with van der Waals surface area (Å²) in [6, 6.07) is 12.1. The van der Waals surface area contributed by atoms with Gasteiger partial charge in [-0.2, -0.15) is 0 Å². The number of anilines is 1. The maximum Gasteiger partial charge on any atom is 0.573 e. The van der Waals surface area contributed by atoms with Crippen molar-refractivity contribution in [3.8, 4) is 5.75 Å². The van der Waals surface area contributed by atoms with Crippen LogP contribution < -0.4 is 9.64 Å². The molecule has 0 bridgehead atoms. The van der Waals surface area contributed by atoms with Gasteiger partial charge in [-0.1, -0.05) is 30.3 Å². The average Bonchev–Trinajstić information content (AvgIpc) is 2.77. The lowest BCUT2D eigenvalue weighted by Gasteiger charge is -2.23. The number of fused-ring (bicyclic) bond motifs is 1. The van der Waals surface area contributed by atoms with Gasteiger partial charge in [-0.05, 0) is 36.2 Å². The summed E-state index contributed by atoms with van der Waals surface area (Å²) in [7, 11) is 0. The summed E-state index contributed by atoms with van der Waals surface area (Å²) in [5.41, 5.74) is 0.616. The zero-order chi connectivity index (χ0) is 19.8. The molecule has 0 unspecified atom stereocenters. The summed E-state index contributed by atoms with van der Waals surface area (Å²) in [6.45, 7) is 1.69. The molecule has 1 N–H and O–H groups in total. The molecule has 1 aliphatic rings. The van der Waals surface area contributed by atoms with Crippen molar-refractivity contribution in [2.24, 2.45) is 0 Å². The third-order valence-corrected chi connectivity index (χ3v) is 4.51. The normalized spacial score (nSPS) is 19.1. The monoisotopic (exact) mass is 379 g/mol. The molecular weight excluding hydrogens is 363 g/mol. The Hall–Kier alpha value is -3.03. The number of hydrogen-bond donors (Lipinski definition) is 1. The molecule has 0 saturated heterocycles. The van der Waals surface area contributed by atoms with Crippen molar-refractivity contribution in [1.82, 2.24) is 0 Å². The van der Waals surface area contributed by atoms with Gasteiger partial charge >= 0.3 is 12.3 Å². The first-order valence-electron chi connectivity index (χ1n) is 8.08. The van der Waals surface area contributed by atoms with Crippen LogP contribution in [0.4, 0.5) is 18.9 Å². The average molecular weight is 379 g/mol. The van der Waals surface area contributed by atoms with E-state index in [0.717, 1.165) is 0 Å². The SMILES string of the molecule is C[C@]1(CC(=O)O)C(=O)N(Cc2ccc(OC(F)(F)F)cc2)c2ccccc21. The number of alkyl halides is 3. The highest BCUT2D eigenvalue weighted by Crippen LogP contribution is 2.44. The summed E-state index contributed by atoms with van der Waals surface area (Å²) in [6.07, 6.45) is -5.12. The molecule has 0 fully saturated rings. The van der Waals surface area contributed by atoms with Gasteiger partial charge in [0.05, 0.1) is 18.4 Å². The number of aliphatic carboxylic acids is 1. The van der Waals surface area contributed by atoms with Crippen LogP contribution in [0.2, 0.25) is 0 Å². The lowest BCUT2D eigenvalue weighted by atomic mass is 9.81. The van der Waals surface area contributed by atoms with Gasteiger partial charge in [0.25, 0.3) is 0 Å². The van der Waals surface area contributed by atoms with Gasteiger partial charge < -0.3 is 14.7 Å². The maximum atomic E-state index is 13.0. The first kappa shape index (κ1) is 18.8. The second-order valence-corrected chi connectivity index (χ2v) is 6.50. The van der Waals surface area contributed by atoms with E-state index in [0.29, 0.717) is 16.8 Å². The number of para-hydroxylation sites is 1. The zero-order valence-corrected chi connectivity index (χ0v) is 14.3. The standard InChI is InChI=1S/C19H16F3NO4/c1-18(10-16(24)25)14-4-2-3-5-15(14)23(17(18)26)11-12-6-8-13(9-7-12)27-19(20,21)22/h2-9H,10-11H2,1H3,(H,24,25)/t18-/m1/s1. The van der Waals surface area contributed by atoms with Crippen LogP contribution in [-0.4, -0.2) is 23.3 Å². The van der Waals surface area contributed by atoms with E-state index >= 15 is 0 Å². The summed E-state index contributed by atoms with van der Waals surface area (Å²) < 4.78 is 40.6. The van der Waals surface area contributed by atoms with Crippen LogP contribution in [-0.2, 0) is 21.5 Å². The highest BCUT2D eigenvalue weighted by molar-refractivity contribution is 6.09. The molecule has 2 aromatic rings. The molecule has 0 aromatic heterocycles. The molecule has 1 atom stereocenters. The molecule has 27 heavy (non-hydrogen) atoms. The highest BCUT2D eigenvalue weighted by atomic mass is 19.4. The molecule has 142 valence electrons. The van der Waals surface area contributed by atoms with E-state index in [-0.39, 0.29) is 24.6 Å². The molecule has 8 heteroatoms. The molecule has 0 radical (unpaired) electrons. The molecule has 1 amide bonds. The van der Waals surface area contributed by atoms with Crippen molar-refractivity contribution >= 4 is 17.6 Å². The predicted molar refractivity (Wildman–Crippen MR) is 90.4 cm³/mol. The van der Waals surface area contributed by atoms with Crippen LogP contribution in [0.1, 0.15) is 24.5 Å². The van der Waals surface area contributed by atoms with E-state index in [9.17, 15) is 27.9 Å². The number of carbonyl (C=O) groups is 2. The fourth-order valence-corrected chi connectivity index (χ4v) is 3.31. The number of amides is 1. The van der Waals surface area contributed by atoms with E-state index in [1.165, 1.54) is 29.2 Å². The van der Waals surface area contributed by atoms with Crippen LogP contribution in [0.3, 0.4) is 0 Å². The van der Waals surface area contributed by atoms with Crippen molar-refractivity contribution in [3.63, 3.8) is 0 Å². The second-order valence-electron chi connectivity index (χ2n) is 6.50. The Balaban J connectivity index is 1.87. The van der Waals surface area contributed by atoms with E-state index < -0.39 is 17.7 Å². The van der Waals surface area contributed by atoms with Gasteiger partial charge in [-0.15, -0.1) is 13.2 Å². The first-order valence-corrected chi connectivity index (χ1v) is 8.08. The smallest absolute Gasteiger partial charge is 0.481 e. The van der Waals surface area contributed by atoms with E-state index in [4.69, 9.17) is 0 Å². The van der Waals surface area contributed by atoms with Crippen LogP contribution in [0.25, 0.3) is 0 Å². The lowest BCUT2D eigenvalue weighted by Crippen LogP contribution is -2.39. The molecule has 0 aliphatic carbocycles. The van der Waals surface area contributed by atoms with Crippen molar-refractivity contribution in [2.75, 3.05) is 4.90 Å². The molecule has 3 rings (SSSR count). The van der Waals surface area contributed by atoms with Gasteiger partial charge in [0.1, 0.15) is 5.75 Å². The quantitative estimate of drug-likeness (QED) is 0.857. The summed E-state index contributed by atoms with van der Waals surface area (Å²) in [5.74, 6) is -1.80. The number of hydrogen-bond acceptors (Lipinski definition) is 3. The van der Waals surface area contributed by atoms with E-state index in [1.54, 1.807) is 31.2 Å². The third-order valence-electron chi connectivity index (χ3n) is 4.51. The number of nitrogens with zero attached hydrogens (tertiary/aromatic N) is 1.